The van der Waals surface area contributed by atoms with Crippen molar-refractivity contribution in [3.05, 3.63) is 46.1 Å². The Hall–Kier alpha value is -2.58. The average molecular weight is 741 g/mol. The van der Waals surface area contributed by atoms with Gasteiger partial charge in [0.15, 0.2) is 0 Å². The minimum absolute atomic E-state index is 0.00331. The third-order valence-electron chi connectivity index (χ3n) is 18.1. The van der Waals surface area contributed by atoms with Crippen LogP contribution < -0.4 is 0 Å². The lowest BCUT2D eigenvalue weighted by Gasteiger charge is -2.62. The fraction of sp³-hybridized carbons (Fsp3) is 0.783. The molecule has 0 spiro atoms. The quantitative estimate of drug-likeness (QED) is 0.244. The number of nitrogens with zero attached hydrogens (tertiary/aromatic N) is 2. The molecule has 0 aromatic carbocycles. The first-order valence-corrected chi connectivity index (χ1v) is 21.5. The number of aromatic nitrogens is 2. The Morgan fingerprint density at radius 2 is 1.06 bits per heavy atom. The monoisotopic (exact) mass is 740 g/mol. The number of fused-ring (bicyclic) bond motifs is 12. The van der Waals surface area contributed by atoms with E-state index in [0.717, 1.165) is 77.0 Å². The molecule has 0 saturated heterocycles. The molecule has 1 heterocycles. The molecule has 14 atom stereocenters. The minimum atomic E-state index is -0.355. The molecule has 9 rings (SSSR count). The van der Waals surface area contributed by atoms with Crippen molar-refractivity contribution < 1.29 is 29.3 Å². The van der Waals surface area contributed by atoms with Gasteiger partial charge in [-0.15, -0.1) is 0 Å². The van der Waals surface area contributed by atoms with Gasteiger partial charge >= 0.3 is 11.9 Å². The van der Waals surface area contributed by atoms with Crippen molar-refractivity contribution in [2.75, 3.05) is 13.2 Å². The first kappa shape index (κ1) is 37.0. The zero-order valence-corrected chi connectivity index (χ0v) is 33.7. The Morgan fingerprint density at radius 3 is 1.44 bits per heavy atom. The van der Waals surface area contributed by atoms with Crippen molar-refractivity contribution in [3.63, 3.8) is 0 Å². The summed E-state index contributed by atoms with van der Waals surface area (Å²) >= 11 is 0. The molecule has 0 amide bonds. The van der Waals surface area contributed by atoms with Crippen LogP contribution in [0.3, 0.4) is 0 Å². The van der Waals surface area contributed by atoms with E-state index in [4.69, 9.17) is 19.4 Å². The maximum absolute atomic E-state index is 12.1. The molecule has 0 aliphatic heterocycles. The average Bonchev–Trinajstić information content (AvgIpc) is 3.59. The summed E-state index contributed by atoms with van der Waals surface area (Å²) in [4.78, 5) is 34.0. The minimum Gasteiger partial charge on any atom is -0.462 e. The van der Waals surface area contributed by atoms with Gasteiger partial charge in [-0.2, -0.15) is 0 Å². The Bertz CT molecular complexity index is 1660. The number of ether oxygens (including phenoxy) is 2. The molecule has 0 unspecified atom stereocenters. The maximum Gasteiger partial charge on any atom is 0.302 e. The highest BCUT2D eigenvalue weighted by Crippen LogP contribution is 2.68. The second-order valence-electron chi connectivity index (χ2n) is 20.4. The van der Waals surface area contributed by atoms with E-state index in [2.05, 4.69) is 39.8 Å². The molecule has 294 valence electrons. The number of allylic oxidation sites excluding steroid dienone is 2. The molecule has 8 nitrogen and oxygen atoms in total. The van der Waals surface area contributed by atoms with Crippen LogP contribution in [-0.4, -0.2) is 57.5 Å². The van der Waals surface area contributed by atoms with Crippen molar-refractivity contribution in [2.24, 2.45) is 69.0 Å². The molecule has 8 aliphatic carbocycles. The van der Waals surface area contributed by atoms with Crippen LogP contribution in [0, 0.1) is 69.0 Å². The van der Waals surface area contributed by atoms with Gasteiger partial charge in [0.1, 0.15) is 13.2 Å². The highest BCUT2D eigenvalue weighted by molar-refractivity contribution is 5.66. The van der Waals surface area contributed by atoms with Crippen molar-refractivity contribution in [2.45, 2.75) is 144 Å². The van der Waals surface area contributed by atoms with Gasteiger partial charge in [-0.3, -0.25) is 19.6 Å². The van der Waals surface area contributed by atoms with Gasteiger partial charge in [0.25, 0.3) is 0 Å². The molecule has 8 heteroatoms. The number of rotatable bonds is 4. The van der Waals surface area contributed by atoms with E-state index in [1.54, 1.807) is 0 Å². The second-order valence-corrected chi connectivity index (χ2v) is 20.4. The lowest BCUT2D eigenvalue weighted by molar-refractivity contribution is -0.150. The fourth-order valence-electron chi connectivity index (χ4n) is 15.8. The van der Waals surface area contributed by atoms with Crippen LogP contribution in [0.15, 0.2) is 23.3 Å². The third kappa shape index (κ3) is 5.48. The smallest absolute Gasteiger partial charge is 0.302 e. The van der Waals surface area contributed by atoms with Gasteiger partial charge in [0, 0.05) is 13.8 Å². The van der Waals surface area contributed by atoms with Gasteiger partial charge in [-0.25, -0.2) is 0 Å². The molecule has 0 radical (unpaired) electrons. The number of aliphatic hydroxyl groups is 2. The van der Waals surface area contributed by atoms with Gasteiger partial charge in [0.2, 0.25) is 0 Å². The SMILES string of the molecule is CC(=O)OC/C=C1\CC[C@H]2[C@@H]3CC[C@H]4Cc5nc6c(nc5C[C@]4(C)[C@H]3[C@@H](O)C[C@]12C)C[C@@H]1CC[C@@H]2[C@H]([C@@H](O)C[C@]3(C)/C(=C/COC(C)=O)CC[C@@H]23)[C@@]1(C)C6. The molecule has 6 fully saturated rings. The Kier molecular flexibility index (Phi) is 8.90. The van der Waals surface area contributed by atoms with Crippen LogP contribution in [0.25, 0.3) is 0 Å². The highest BCUT2D eigenvalue weighted by Gasteiger charge is 2.64. The van der Waals surface area contributed by atoms with Crippen molar-refractivity contribution >= 4 is 11.9 Å². The lowest BCUT2D eigenvalue weighted by Crippen LogP contribution is -2.59. The number of aliphatic hydroxyl groups excluding tert-OH is 2. The number of hydrogen-bond acceptors (Lipinski definition) is 8. The molecule has 6 saturated carbocycles. The Labute approximate surface area is 322 Å². The van der Waals surface area contributed by atoms with Gasteiger partial charge in [-0.1, -0.05) is 38.8 Å². The molecule has 54 heavy (non-hydrogen) atoms. The maximum atomic E-state index is 12.1. The number of hydrogen-bond donors (Lipinski definition) is 2. The first-order valence-electron chi connectivity index (χ1n) is 21.5. The molecular weight excluding hydrogens is 677 g/mol. The van der Waals surface area contributed by atoms with Crippen LogP contribution in [0.2, 0.25) is 0 Å². The van der Waals surface area contributed by atoms with Gasteiger partial charge in [0.05, 0.1) is 35.0 Å². The summed E-state index contributed by atoms with van der Waals surface area (Å²) in [5.41, 5.74) is 7.45. The number of carbonyl (C=O) groups is 2. The normalized spacial score (nSPS) is 47.3. The third-order valence-corrected chi connectivity index (χ3v) is 18.1. The summed E-state index contributed by atoms with van der Waals surface area (Å²) in [6.45, 7) is 13.3. The van der Waals surface area contributed by atoms with E-state index >= 15 is 0 Å². The topological polar surface area (TPSA) is 119 Å². The molecule has 1 aromatic rings. The molecule has 1 aromatic heterocycles. The van der Waals surface area contributed by atoms with E-state index in [1.165, 1.54) is 60.6 Å². The summed E-state index contributed by atoms with van der Waals surface area (Å²) in [7, 11) is 0. The van der Waals surface area contributed by atoms with Crippen LogP contribution in [0.4, 0.5) is 0 Å². The summed E-state index contributed by atoms with van der Waals surface area (Å²) in [6.07, 6.45) is 17.9. The van der Waals surface area contributed by atoms with Crippen LogP contribution in [0.1, 0.15) is 129 Å². The van der Waals surface area contributed by atoms with Gasteiger partial charge in [-0.05, 0) is 171 Å². The largest absolute Gasteiger partial charge is 0.462 e. The Morgan fingerprint density at radius 1 is 0.648 bits per heavy atom. The van der Waals surface area contributed by atoms with Crippen molar-refractivity contribution in [1.29, 1.82) is 0 Å². The predicted molar refractivity (Wildman–Crippen MR) is 205 cm³/mol. The number of esters is 2. The molecule has 0 bridgehead atoms. The zero-order valence-electron chi connectivity index (χ0n) is 33.7. The van der Waals surface area contributed by atoms with Crippen LogP contribution in [-0.2, 0) is 44.7 Å². The molecule has 8 aliphatic rings. The molecular formula is C46H64N2O6. The van der Waals surface area contributed by atoms with Crippen LogP contribution >= 0.6 is 0 Å². The van der Waals surface area contributed by atoms with E-state index in [-0.39, 0.29) is 57.6 Å². The zero-order chi connectivity index (χ0) is 37.9. The number of carbonyl (C=O) groups excluding carboxylic acids is 2. The fourth-order valence-corrected chi connectivity index (χ4v) is 15.8. The summed E-state index contributed by atoms with van der Waals surface area (Å²) in [5.74, 6) is 3.11. The lowest BCUT2D eigenvalue weighted by atomic mass is 9.44. The van der Waals surface area contributed by atoms with Crippen molar-refractivity contribution in [1.82, 2.24) is 9.97 Å². The summed E-state index contributed by atoms with van der Waals surface area (Å²) < 4.78 is 10.6. The standard InChI is InChI=1S/C46H64N2O6/c1-25(49)53-17-15-27-9-13-33-31-11-7-29-19-35-37(21-45(29,5)41(31)39(51)23-43(27,33)3)47-36-20-30-8-12-32-34-14-10-28(16-18-54-26(2)50)44(34,4)24-40(52)42(32)46(30,6)22-38(36)48-35/h15-16,29-34,39-42,51-52H,7-14,17-24H2,1-6H3/b27-15+,28-16+/t29-,30-,31-,32-,33-,34-,39-,40-,41+,42+,43+,44+,45-,46-/m0/s1. The van der Waals surface area contributed by atoms with Crippen LogP contribution in [0.5, 0.6) is 0 Å². The summed E-state index contributed by atoms with van der Waals surface area (Å²) in [5, 5.41) is 24.2. The Balaban J connectivity index is 0.956. The van der Waals surface area contributed by atoms with Crippen molar-refractivity contribution in [3.8, 4) is 0 Å². The van der Waals surface area contributed by atoms with E-state index in [0.29, 0.717) is 48.7 Å². The van der Waals surface area contributed by atoms with E-state index in [9.17, 15) is 19.8 Å². The summed E-state index contributed by atoms with van der Waals surface area (Å²) in [6, 6.07) is 0. The van der Waals surface area contributed by atoms with Gasteiger partial charge < -0.3 is 19.7 Å². The van der Waals surface area contributed by atoms with E-state index in [1.807, 2.05) is 0 Å². The first-order chi connectivity index (χ1) is 25.7. The predicted octanol–water partition coefficient (Wildman–Crippen LogP) is 7.31. The van der Waals surface area contributed by atoms with E-state index < -0.39 is 0 Å². The highest BCUT2D eigenvalue weighted by atomic mass is 16.5. The molecule has 2 N–H and O–H groups in total. The second kappa shape index (κ2) is 13.0.